The van der Waals surface area contributed by atoms with Crippen molar-refractivity contribution >= 4 is 45.7 Å². The minimum absolute atomic E-state index is 0. The average Bonchev–Trinajstić information content (AvgIpc) is 3.15. The molecule has 0 saturated heterocycles. The summed E-state index contributed by atoms with van der Waals surface area (Å²) in [5, 5.41) is 5.64. The molecule has 0 radical (unpaired) electrons. The Labute approximate surface area is 151 Å². The first-order valence-electron chi connectivity index (χ1n) is 7.20. The van der Waals surface area contributed by atoms with Gasteiger partial charge in [-0.15, -0.1) is 23.7 Å². The highest BCUT2D eigenvalue weighted by Crippen LogP contribution is 2.29. The molecule has 2 heterocycles. The Morgan fingerprint density at radius 1 is 1.24 bits per heavy atom. The molecule has 0 bridgehead atoms. The zero-order valence-electron chi connectivity index (χ0n) is 13.0. The van der Waals surface area contributed by atoms with Crippen LogP contribution in [0.3, 0.4) is 0 Å². The number of aromatic amines is 1. The maximum absolute atomic E-state index is 13.6. The van der Waals surface area contributed by atoms with Gasteiger partial charge in [0.25, 0.3) is 0 Å². The summed E-state index contributed by atoms with van der Waals surface area (Å²) in [6, 6.07) is 10.4. The van der Waals surface area contributed by atoms with Crippen LogP contribution >= 0.6 is 23.7 Å². The number of nitrogens with zero attached hydrogens (tertiary/aromatic N) is 1. The number of H-pyrrole nitrogens is 1. The molecule has 128 valence electrons. The van der Waals surface area contributed by atoms with E-state index in [1.807, 2.05) is 11.4 Å². The number of hydrogen-bond acceptors (Lipinski definition) is 5. The van der Waals surface area contributed by atoms with E-state index < -0.39 is 5.76 Å². The third-order valence-corrected chi connectivity index (χ3v) is 4.40. The number of halogens is 2. The molecule has 2 aromatic heterocycles. The van der Waals surface area contributed by atoms with Crippen molar-refractivity contribution in [2.45, 2.75) is 6.92 Å². The lowest BCUT2D eigenvalue weighted by atomic mass is 10.1. The molecule has 0 atom stereocenters. The predicted molar refractivity (Wildman–Crippen MR) is 99.6 cm³/mol. The van der Waals surface area contributed by atoms with Crippen LogP contribution in [0.1, 0.15) is 5.56 Å². The number of aryl methyl sites for hydroxylation is 1. The first-order chi connectivity index (χ1) is 11.6. The zero-order valence-corrected chi connectivity index (χ0v) is 14.6. The van der Waals surface area contributed by atoms with Gasteiger partial charge >= 0.3 is 5.76 Å². The lowest BCUT2D eigenvalue weighted by Gasteiger charge is -2.04. The summed E-state index contributed by atoms with van der Waals surface area (Å²) < 4.78 is 18.7. The van der Waals surface area contributed by atoms with Gasteiger partial charge in [0.05, 0.1) is 11.2 Å². The summed E-state index contributed by atoms with van der Waals surface area (Å²) in [5.74, 6) is -0.742. The Bertz CT molecular complexity index is 1100. The van der Waals surface area contributed by atoms with E-state index in [9.17, 15) is 9.18 Å². The molecule has 0 unspecified atom stereocenters. The molecule has 0 spiro atoms. The van der Waals surface area contributed by atoms with Gasteiger partial charge in [0, 0.05) is 16.6 Å². The summed E-state index contributed by atoms with van der Waals surface area (Å²) >= 11 is 1.42. The molecule has 0 aliphatic carbocycles. The van der Waals surface area contributed by atoms with Crippen molar-refractivity contribution < 1.29 is 8.81 Å². The topological polar surface area (TPSA) is 70.9 Å². The van der Waals surface area contributed by atoms with Crippen LogP contribution in [0.5, 0.6) is 0 Å². The Kier molecular flexibility index (Phi) is 4.61. The molecule has 2 aromatic carbocycles. The molecule has 25 heavy (non-hydrogen) atoms. The number of oxazole rings is 1. The molecular weight excluding hydrogens is 365 g/mol. The Morgan fingerprint density at radius 3 is 2.88 bits per heavy atom. The van der Waals surface area contributed by atoms with Crippen molar-refractivity contribution in [1.29, 1.82) is 0 Å². The molecule has 4 rings (SSSR count). The standard InChI is InChI=1S/C17H12FN3O2S.ClH/c1-9-2-4-11(7-12(9)18)19-16-20-14(8-24-16)10-3-5-13-15(6-10)23-17(22)21-13;/h2-8H,1H3,(H,19,20)(H,21,22);1H. The van der Waals surface area contributed by atoms with Gasteiger partial charge in [-0.05, 0) is 36.8 Å². The van der Waals surface area contributed by atoms with Gasteiger partial charge in [0.2, 0.25) is 0 Å². The van der Waals surface area contributed by atoms with E-state index in [4.69, 9.17) is 4.42 Å². The molecule has 8 heteroatoms. The van der Waals surface area contributed by atoms with Gasteiger partial charge in [0.1, 0.15) is 5.82 Å². The molecule has 0 fully saturated rings. The summed E-state index contributed by atoms with van der Waals surface area (Å²) in [4.78, 5) is 18.3. The van der Waals surface area contributed by atoms with Crippen molar-refractivity contribution in [3.05, 3.63) is 63.7 Å². The molecule has 4 aromatic rings. The fourth-order valence-electron chi connectivity index (χ4n) is 2.36. The normalized spacial score (nSPS) is 10.6. The fraction of sp³-hybridized carbons (Fsp3) is 0.0588. The molecule has 0 aliphatic rings. The van der Waals surface area contributed by atoms with E-state index in [0.29, 0.717) is 27.5 Å². The van der Waals surface area contributed by atoms with Crippen LogP contribution in [-0.4, -0.2) is 9.97 Å². The smallest absolute Gasteiger partial charge is 0.408 e. The van der Waals surface area contributed by atoms with Crippen LogP contribution in [0.25, 0.3) is 22.4 Å². The number of benzene rings is 2. The molecular formula is C17H13ClFN3O2S. The molecule has 2 N–H and O–H groups in total. The first-order valence-corrected chi connectivity index (χ1v) is 8.08. The second-order valence-electron chi connectivity index (χ2n) is 5.35. The van der Waals surface area contributed by atoms with Crippen molar-refractivity contribution in [2.24, 2.45) is 0 Å². The zero-order chi connectivity index (χ0) is 16.7. The maximum Gasteiger partial charge on any atom is 0.417 e. The van der Waals surface area contributed by atoms with E-state index >= 15 is 0 Å². The number of thiazole rings is 1. The number of rotatable bonds is 3. The SMILES string of the molecule is Cc1ccc(Nc2nc(-c3ccc4[nH]c(=O)oc4c3)cs2)cc1F.Cl. The van der Waals surface area contributed by atoms with Crippen LogP contribution in [0.15, 0.2) is 51.0 Å². The van der Waals surface area contributed by atoms with Gasteiger partial charge in [-0.3, -0.25) is 4.98 Å². The largest absolute Gasteiger partial charge is 0.417 e. The maximum atomic E-state index is 13.6. The monoisotopic (exact) mass is 377 g/mol. The number of nitrogens with one attached hydrogen (secondary N) is 2. The molecule has 5 nitrogen and oxygen atoms in total. The first kappa shape index (κ1) is 17.2. The summed E-state index contributed by atoms with van der Waals surface area (Å²) in [6.07, 6.45) is 0. The van der Waals surface area contributed by atoms with Gasteiger partial charge in [-0.25, -0.2) is 14.2 Å². The summed E-state index contributed by atoms with van der Waals surface area (Å²) in [5.41, 5.74) is 3.96. The summed E-state index contributed by atoms with van der Waals surface area (Å²) in [6.45, 7) is 1.72. The van der Waals surface area contributed by atoms with Gasteiger partial charge in [0.15, 0.2) is 10.7 Å². The Hall–Kier alpha value is -2.64. The predicted octanol–water partition coefficient (Wildman–Crippen LogP) is 4.86. The number of fused-ring (bicyclic) bond motifs is 1. The molecule has 0 amide bonds. The van der Waals surface area contributed by atoms with E-state index in [0.717, 1.165) is 11.3 Å². The number of hydrogen-bond donors (Lipinski definition) is 2. The van der Waals surface area contributed by atoms with Crippen molar-refractivity contribution in [1.82, 2.24) is 9.97 Å². The minimum Gasteiger partial charge on any atom is -0.408 e. The second-order valence-corrected chi connectivity index (χ2v) is 6.21. The highest BCUT2D eigenvalue weighted by Gasteiger charge is 2.09. The van der Waals surface area contributed by atoms with Crippen LogP contribution in [-0.2, 0) is 0 Å². The van der Waals surface area contributed by atoms with E-state index in [1.165, 1.54) is 17.4 Å². The van der Waals surface area contributed by atoms with Crippen molar-refractivity contribution in [2.75, 3.05) is 5.32 Å². The van der Waals surface area contributed by atoms with E-state index in [-0.39, 0.29) is 18.2 Å². The Morgan fingerprint density at radius 2 is 2.08 bits per heavy atom. The van der Waals surface area contributed by atoms with Crippen molar-refractivity contribution in [3.63, 3.8) is 0 Å². The lowest BCUT2D eigenvalue weighted by molar-refractivity contribution is 0.555. The molecule has 0 saturated carbocycles. The highest BCUT2D eigenvalue weighted by molar-refractivity contribution is 7.14. The second kappa shape index (κ2) is 6.70. The Balaban J connectivity index is 0.00000182. The number of anilines is 2. The van der Waals surface area contributed by atoms with Crippen LogP contribution in [0.4, 0.5) is 15.2 Å². The van der Waals surface area contributed by atoms with Crippen LogP contribution in [0, 0.1) is 12.7 Å². The van der Waals surface area contributed by atoms with E-state index in [2.05, 4.69) is 15.3 Å². The van der Waals surface area contributed by atoms with Crippen LogP contribution < -0.4 is 11.1 Å². The third-order valence-electron chi connectivity index (χ3n) is 3.64. The lowest BCUT2D eigenvalue weighted by Crippen LogP contribution is -1.92. The third kappa shape index (κ3) is 3.42. The van der Waals surface area contributed by atoms with Crippen LogP contribution in [0.2, 0.25) is 0 Å². The number of aromatic nitrogens is 2. The average molecular weight is 378 g/mol. The quantitative estimate of drug-likeness (QED) is 0.535. The summed E-state index contributed by atoms with van der Waals surface area (Å²) in [7, 11) is 0. The van der Waals surface area contributed by atoms with Crippen molar-refractivity contribution in [3.8, 4) is 11.3 Å². The van der Waals surface area contributed by atoms with E-state index in [1.54, 1.807) is 31.2 Å². The highest BCUT2D eigenvalue weighted by atomic mass is 35.5. The van der Waals surface area contributed by atoms with Gasteiger partial charge < -0.3 is 9.73 Å². The van der Waals surface area contributed by atoms with Gasteiger partial charge in [-0.2, -0.15) is 0 Å². The molecule has 0 aliphatic heterocycles. The van der Waals surface area contributed by atoms with Gasteiger partial charge in [-0.1, -0.05) is 12.1 Å². The fourth-order valence-corrected chi connectivity index (χ4v) is 3.10. The minimum atomic E-state index is -0.482.